The molecule has 0 saturated carbocycles. The van der Waals surface area contributed by atoms with E-state index in [1.54, 1.807) is 54.4 Å². The third-order valence-electron chi connectivity index (χ3n) is 7.13. The summed E-state index contributed by atoms with van der Waals surface area (Å²) in [5.41, 5.74) is 3.77. The lowest BCUT2D eigenvalue weighted by atomic mass is 9.91. The summed E-state index contributed by atoms with van der Waals surface area (Å²) < 4.78 is 31.4. The highest BCUT2D eigenvalue weighted by molar-refractivity contribution is 6.09. The fourth-order valence-electron chi connectivity index (χ4n) is 5.11. The molecule has 0 saturated heterocycles. The van der Waals surface area contributed by atoms with Crippen molar-refractivity contribution in [3.8, 4) is 28.4 Å². The van der Waals surface area contributed by atoms with Gasteiger partial charge in [0, 0.05) is 24.2 Å². The number of nitrogens with one attached hydrogen (secondary N) is 2. The SMILES string of the molecule is COc1c(NC(=O)Oc2ccccc2)cccc1-c1ccc2c(c1COc1cc(F)ccc1C)N(C)C(=O)C(C)(C)N2. The molecule has 0 aromatic heterocycles. The smallest absolute Gasteiger partial charge is 0.417 e. The number of ether oxygens (including phenoxy) is 3. The fraction of sp³-hybridized carbons (Fsp3) is 0.212. The predicted molar refractivity (Wildman–Crippen MR) is 161 cm³/mol. The van der Waals surface area contributed by atoms with E-state index in [9.17, 15) is 14.0 Å². The van der Waals surface area contributed by atoms with Crippen LogP contribution in [0.3, 0.4) is 0 Å². The largest absolute Gasteiger partial charge is 0.494 e. The second-order valence-corrected chi connectivity index (χ2v) is 10.5. The molecular weight excluding hydrogens is 537 g/mol. The molecule has 2 N–H and O–H groups in total. The van der Waals surface area contributed by atoms with Crippen LogP contribution in [-0.4, -0.2) is 31.7 Å². The molecule has 8 nitrogen and oxygen atoms in total. The number of benzene rings is 4. The third-order valence-corrected chi connectivity index (χ3v) is 7.13. The van der Waals surface area contributed by atoms with Crippen molar-refractivity contribution >= 4 is 29.1 Å². The summed E-state index contributed by atoms with van der Waals surface area (Å²) in [5.74, 6) is 0.646. The molecule has 1 aliphatic heterocycles. The van der Waals surface area contributed by atoms with Crippen LogP contribution in [0.1, 0.15) is 25.0 Å². The number of nitrogens with zero attached hydrogens (tertiary/aromatic N) is 1. The highest BCUT2D eigenvalue weighted by atomic mass is 19.1. The van der Waals surface area contributed by atoms with Gasteiger partial charge in [0.25, 0.3) is 5.91 Å². The fourth-order valence-corrected chi connectivity index (χ4v) is 5.11. The van der Waals surface area contributed by atoms with Gasteiger partial charge in [-0.25, -0.2) is 9.18 Å². The first-order chi connectivity index (χ1) is 20.1. The number of anilines is 3. The van der Waals surface area contributed by atoms with Crippen LogP contribution in [0.15, 0.2) is 78.9 Å². The molecule has 4 aromatic rings. The van der Waals surface area contributed by atoms with Gasteiger partial charge in [-0.1, -0.05) is 42.5 Å². The molecule has 0 bridgehead atoms. The lowest BCUT2D eigenvalue weighted by Crippen LogP contribution is -2.52. The second-order valence-electron chi connectivity index (χ2n) is 10.5. The van der Waals surface area contributed by atoms with Gasteiger partial charge in [0.15, 0.2) is 0 Å². The molecule has 0 atom stereocenters. The normalized spacial score (nSPS) is 13.6. The van der Waals surface area contributed by atoms with E-state index in [1.165, 1.54) is 19.2 Å². The number of carbonyl (C=O) groups is 2. The summed E-state index contributed by atoms with van der Waals surface area (Å²) in [7, 11) is 3.23. The Kier molecular flexibility index (Phi) is 7.76. The minimum atomic E-state index is -0.818. The van der Waals surface area contributed by atoms with Crippen LogP contribution in [-0.2, 0) is 11.4 Å². The number of para-hydroxylation sites is 2. The minimum absolute atomic E-state index is 0.0272. The summed E-state index contributed by atoms with van der Waals surface area (Å²) in [4.78, 5) is 27.7. The Hall–Kier alpha value is -5.05. The van der Waals surface area contributed by atoms with Gasteiger partial charge in [-0.3, -0.25) is 10.1 Å². The van der Waals surface area contributed by atoms with Crippen molar-refractivity contribution in [2.45, 2.75) is 32.9 Å². The number of rotatable bonds is 7. The van der Waals surface area contributed by atoms with Crippen molar-refractivity contribution in [2.24, 2.45) is 0 Å². The molecule has 0 unspecified atom stereocenters. The van der Waals surface area contributed by atoms with Gasteiger partial charge in [-0.15, -0.1) is 0 Å². The van der Waals surface area contributed by atoms with Crippen molar-refractivity contribution in [1.82, 2.24) is 0 Å². The Labute approximate surface area is 244 Å². The average Bonchev–Trinajstić information content (AvgIpc) is 2.96. The van der Waals surface area contributed by atoms with E-state index < -0.39 is 17.4 Å². The molecule has 0 fully saturated rings. The number of methoxy groups -OCH3 is 1. The Morgan fingerprint density at radius 1 is 1.00 bits per heavy atom. The number of fused-ring (bicyclic) bond motifs is 1. The molecule has 216 valence electrons. The van der Waals surface area contributed by atoms with E-state index in [0.717, 1.165) is 11.3 Å². The van der Waals surface area contributed by atoms with Crippen LogP contribution < -0.4 is 29.7 Å². The summed E-state index contributed by atoms with van der Waals surface area (Å²) in [5, 5.41) is 6.10. The lowest BCUT2D eigenvalue weighted by Gasteiger charge is -2.39. The van der Waals surface area contributed by atoms with Crippen LogP contribution in [0, 0.1) is 12.7 Å². The molecule has 0 radical (unpaired) electrons. The van der Waals surface area contributed by atoms with E-state index in [0.29, 0.717) is 45.3 Å². The highest BCUT2D eigenvalue weighted by Gasteiger charge is 2.39. The minimum Gasteiger partial charge on any atom is -0.494 e. The molecule has 1 heterocycles. The van der Waals surface area contributed by atoms with Crippen molar-refractivity contribution in [3.05, 3.63) is 95.8 Å². The zero-order valence-electron chi connectivity index (χ0n) is 24.1. The van der Waals surface area contributed by atoms with Gasteiger partial charge in [0.2, 0.25) is 0 Å². The molecule has 1 aliphatic rings. The number of hydrogen-bond donors (Lipinski definition) is 2. The Morgan fingerprint density at radius 3 is 2.50 bits per heavy atom. The van der Waals surface area contributed by atoms with Gasteiger partial charge in [-0.05, 0) is 62.2 Å². The maximum absolute atomic E-state index is 14.1. The van der Waals surface area contributed by atoms with E-state index in [2.05, 4.69) is 10.6 Å². The average molecular weight is 570 g/mol. The van der Waals surface area contributed by atoms with E-state index in [1.807, 2.05) is 45.0 Å². The van der Waals surface area contributed by atoms with E-state index in [4.69, 9.17) is 14.2 Å². The molecule has 4 aromatic carbocycles. The van der Waals surface area contributed by atoms with Crippen molar-refractivity contribution in [3.63, 3.8) is 0 Å². The van der Waals surface area contributed by atoms with Crippen LogP contribution in [0.4, 0.5) is 26.2 Å². The summed E-state index contributed by atoms with van der Waals surface area (Å²) in [6, 6.07) is 22.3. The molecule has 2 amide bonds. The van der Waals surface area contributed by atoms with Gasteiger partial charge in [-0.2, -0.15) is 0 Å². The first-order valence-corrected chi connectivity index (χ1v) is 13.4. The predicted octanol–water partition coefficient (Wildman–Crippen LogP) is 7.17. The maximum Gasteiger partial charge on any atom is 0.417 e. The number of likely N-dealkylation sites (N-methyl/N-ethyl adjacent to an activating group) is 1. The van der Waals surface area contributed by atoms with Crippen molar-refractivity contribution in [2.75, 3.05) is 29.7 Å². The van der Waals surface area contributed by atoms with Crippen LogP contribution in [0.2, 0.25) is 0 Å². The topological polar surface area (TPSA) is 89.1 Å². The van der Waals surface area contributed by atoms with Crippen LogP contribution >= 0.6 is 0 Å². The van der Waals surface area contributed by atoms with Crippen LogP contribution in [0.25, 0.3) is 11.1 Å². The van der Waals surface area contributed by atoms with Crippen LogP contribution in [0.5, 0.6) is 17.2 Å². The highest BCUT2D eigenvalue weighted by Crippen LogP contribution is 2.46. The summed E-state index contributed by atoms with van der Waals surface area (Å²) >= 11 is 0. The summed E-state index contributed by atoms with van der Waals surface area (Å²) in [6.45, 7) is 5.51. The number of carbonyl (C=O) groups excluding carboxylic acids is 2. The van der Waals surface area contributed by atoms with Gasteiger partial charge >= 0.3 is 6.09 Å². The lowest BCUT2D eigenvalue weighted by molar-refractivity contribution is -0.121. The molecule has 5 rings (SSSR count). The second kappa shape index (κ2) is 11.4. The Bertz CT molecular complexity index is 1660. The number of hydrogen-bond acceptors (Lipinski definition) is 6. The molecule has 42 heavy (non-hydrogen) atoms. The molecule has 0 spiro atoms. The zero-order chi connectivity index (χ0) is 30.0. The van der Waals surface area contributed by atoms with E-state index in [-0.39, 0.29) is 12.5 Å². The Morgan fingerprint density at radius 2 is 1.76 bits per heavy atom. The van der Waals surface area contributed by atoms with Gasteiger partial charge < -0.3 is 24.4 Å². The zero-order valence-corrected chi connectivity index (χ0v) is 24.1. The van der Waals surface area contributed by atoms with Gasteiger partial charge in [0.1, 0.15) is 35.2 Å². The molecule has 0 aliphatic carbocycles. The number of halogens is 1. The van der Waals surface area contributed by atoms with Crippen molar-refractivity contribution < 1.29 is 28.2 Å². The monoisotopic (exact) mass is 569 g/mol. The van der Waals surface area contributed by atoms with Crippen molar-refractivity contribution in [1.29, 1.82) is 0 Å². The molecule has 9 heteroatoms. The Balaban J connectivity index is 1.59. The first-order valence-electron chi connectivity index (χ1n) is 13.4. The summed E-state index contributed by atoms with van der Waals surface area (Å²) in [6.07, 6.45) is -0.677. The third kappa shape index (κ3) is 5.58. The standard InChI is InChI=1S/C33H32FN3O5/c1-20-14-15-21(34)18-28(20)41-19-25-23(16-17-26-29(25)37(4)31(38)33(2,3)36-26)24-12-9-13-27(30(24)40-5)35-32(39)42-22-10-7-6-8-11-22/h6-18,36H,19H2,1-5H3,(H,35,39). The first kappa shape index (κ1) is 28.5. The van der Waals surface area contributed by atoms with Gasteiger partial charge in [0.05, 0.1) is 24.2 Å². The van der Waals surface area contributed by atoms with E-state index >= 15 is 0 Å². The maximum atomic E-state index is 14.1. The number of amides is 2. The number of aryl methyl sites for hydroxylation is 1. The molecular formula is C33H32FN3O5. The quantitative estimate of drug-likeness (QED) is 0.245.